The molecule has 0 amide bonds. The molecule has 100 valence electrons. The summed E-state index contributed by atoms with van der Waals surface area (Å²) in [6.07, 6.45) is 0. The number of aromatic nitrogens is 2. The van der Waals surface area contributed by atoms with Gasteiger partial charge in [0.25, 0.3) is 5.56 Å². The van der Waals surface area contributed by atoms with E-state index in [0.717, 1.165) is 12.1 Å². The minimum absolute atomic E-state index is 0.0323. The zero-order valence-electron chi connectivity index (χ0n) is 10.2. The predicted molar refractivity (Wildman–Crippen MR) is 72.0 cm³/mol. The Bertz CT molecular complexity index is 845. The predicted octanol–water partition coefficient (Wildman–Crippen LogP) is 2.94. The molecule has 3 rings (SSSR count). The normalized spacial score (nSPS) is 10.7. The van der Waals surface area contributed by atoms with Crippen LogP contribution >= 0.6 is 0 Å². The standard InChI is InChI=1S/C14H9F2N3O/c15-8-5-6-12(10(16)7-8)18-14-17-11-4-2-1-3-9(11)13(20)19-14/h1-7H,(H2,17,18,19,20). The van der Waals surface area contributed by atoms with E-state index < -0.39 is 11.6 Å². The molecule has 1 aromatic heterocycles. The molecule has 4 nitrogen and oxygen atoms in total. The molecular weight excluding hydrogens is 264 g/mol. The highest BCUT2D eigenvalue weighted by atomic mass is 19.1. The lowest BCUT2D eigenvalue weighted by Gasteiger charge is -2.07. The van der Waals surface area contributed by atoms with E-state index in [9.17, 15) is 13.6 Å². The smallest absolute Gasteiger partial charge is 0.260 e. The van der Waals surface area contributed by atoms with Crippen molar-refractivity contribution in [1.29, 1.82) is 0 Å². The highest BCUT2D eigenvalue weighted by Crippen LogP contribution is 2.18. The Morgan fingerprint density at radius 1 is 1.10 bits per heavy atom. The maximum absolute atomic E-state index is 13.5. The lowest BCUT2D eigenvalue weighted by atomic mass is 10.2. The van der Waals surface area contributed by atoms with Gasteiger partial charge in [-0.25, -0.2) is 13.8 Å². The van der Waals surface area contributed by atoms with Crippen LogP contribution in [0.3, 0.4) is 0 Å². The Kier molecular flexibility index (Phi) is 2.90. The van der Waals surface area contributed by atoms with Crippen LogP contribution < -0.4 is 10.9 Å². The number of fused-ring (bicyclic) bond motifs is 1. The van der Waals surface area contributed by atoms with Crippen LogP contribution in [0.1, 0.15) is 0 Å². The number of hydrogen-bond donors (Lipinski definition) is 2. The zero-order chi connectivity index (χ0) is 14.1. The molecule has 0 saturated carbocycles. The van der Waals surface area contributed by atoms with Crippen LogP contribution in [-0.4, -0.2) is 9.97 Å². The summed E-state index contributed by atoms with van der Waals surface area (Å²) in [6.45, 7) is 0. The molecule has 0 aliphatic rings. The highest BCUT2D eigenvalue weighted by Gasteiger charge is 2.07. The fraction of sp³-hybridized carbons (Fsp3) is 0. The second kappa shape index (κ2) is 4.73. The van der Waals surface area contributed by atoms with Crippen molar-refractivity contribution in [3.63, 3.8) is 0 Å². The number of para-hydroxylation sites is 1. The van der Waals surface area contributed by atoms with E-state index in [0.29, 0.717) is 10.9 Å². The molecule has 0 atom stereocenters. The molecule has 0 radical (unpaired) electrons. The van der Waals surface area contributed by atoms with E-state index in [1.54, 1.807) is 24.3 Å². The first kappa shape index (κ1) is 12.3. The summed E-state index contributed by atoms with van der Waals surface area (Å²) in [6, 6.07) is 9.90. The molecular formula is C14H9F2N3O. The van der Waals surface area contributed by atoms with Gasteiger partial charge in [0.1, 0.15) is 11.6 Å². The average molecular weight is 273 g/mol. The van der Waals surface area contributed by atoms with Crippen molar-refractivity contribution in [3.8, 4) is 0 Å². The third kappa shape index (κ3) is 2.23. The number of aromatic amines is 1. The van der Waals surface area contributed by atoms with Crippen LogP contribution in [0.15, 0.2) is 47.3 Å². The van der Waals surface area contributed by atoms with E-state index in [1.807, 2.05) is 0 Å². The van der Waals surface area contributed by atoms with Crippen molar-refractivity contribution in [2.24, 2.45) is 0 Å². The van der Waals surface area contributed by atoms with Crippen LogP contribution in [0.4, 0.5) is 20.4 Å². The average Bonchev–Trinajstić information content (AvgIpc) is 2.42. The number of rotatable bonds is 2. The van der Waals surface area contributed by atoms with Gasteiger partial charge in [0.05, 0.1) is 16.6 Å². The van der Waals surface area contributed by atoms with E-state index in [2.05, 4.69) is 15.3 Å². The van der Waals surface area contributed by atoms with Crippen molar-refractivity contribution in [2.45, 2.75) is 0 Å². The number of nitrogens with one attached hydrogen (secondary N) is 2. The number of H-pyrrole nitrogens is 1. The molecule has 0 fully saturated rings. The second-order valence-electron chi connectivity index (χ2n) is 4.18. The summed E-state index contributed by atoms with van der Waals surface area (Å²) in [5, 5.41) is 3.07. The van der Waals surface area contributed by atoms with Crippen molar-refractivity contribution >= 4 is 22.5 Å². The Hall–Kier alpha value is -2.76. The fourth-order valence-electron chi connectivity index (χ4n) is 1.86. The Morgan fingerprint density at radius 2 is 1.90 bits per heavy atom. The highest BCUT2D eigenvalue weighted by molar-refractivity contribution is 5.78. The first-order valence-electron chi connectivity index (χ1n) is 5.84. The number of anilines is 2. The summed E-state index contributed by atoms with van der Waals surface area (Å²) in [7, 11) is 0. The number of halogens is 2. The van der Waals surface area contributed by atoms with Gasteiger partial charge in [0.15, 0.2) is 0 Å². The monoisotopic (exact) mass is 273 g/mol. The summed E-state index contributed by atoms with van der Waals surface area (Å²) >= 11 is 0. The van der Waals surface area contributed by atoms with Gasteiger partial charge in [-0.2, -0.15) is 0 Å². The van der Waals surface area contributed by atoms with Gasteiger partial charge < -0.3 is 5.32 Å². The quantitative estimate of drug-likeness (QED) is 0.754. The minimum Gasteiger partial charge on any atom is -0.323 e. The Morgan fingerprint density at radius 3 is 2.70 bits per heavy atom. The maximum atomic E-state index is 13.5. The molecule has 0 aliphatic carbocycles. The van der Waals surface area contributed by atoms with E-state index in [1.165, 1.54) is 6.07 Å². The number of hydrogen-bond acceptors (Lipinski definition) is 3. The molecule has 0 aliphatic heterocycles. The van der Waals surface area contributed by atoms with Gasteiger partial charge in [-0.15, -0.1) is 0 Å². The van der Waals surface area contributed by atoms with Crippen molar-refractivity contribution in [1.82, 2.24) is 9.97 Å². The zero-order valence-corrected chi connectivity index (χ0v) is 10.2. The van der Waals surface area contributed by atoms with Crippen molar-refractivity contribution in [3.05, 3.63) is 64.5 Å². The third-order valence-corrected chi connectivity index (χ3v) is 2.80. The number of benzene rings is 2. The van der Waals surface area contributed by atoms with Crippen molar-refractivity contribution in [2.75, 3.05) is 5.32 Å². The molecule has 0 bridgehead atoms. The lowest BCUT2D eigenvalue weighted by Crippen LogP contribution is -2.11. The van der Waals surface area contributed by atoms with Crippen molar-refractivity contribution < 1.29 is 8.78 Å². The minimum atomic E-state index is -0.763. The molecule has 20 heavy (non-hydrogen) atoms. The van der Waals surface area contributed by atoms with Gasteiger partial charge in [-0.3, -0.25) is 9.78 Å². The van der Waals surface area contributed by atoms with Gasteiger partial charge in [0.2, 0.25) is 5.95 Å². The van der Waals surface area contributed by atoms with Crippen LogP contribution in [-0.2, 0) is 0 Å². The van der Waals surface area contributed by atoms with Gasteiger partial charge in [0, 0.05) is 6.07 Å². The Balaban J connectivity index is 2.05. The van der Waals surface area contributed by atoms with Gasteiger partial charge >= 0.3 is 0 Å². The molecule has 0 spiro atoms. The number of nitrogens with zero attached hydrogens (tertiary/aromatic N) is 1. The molecule has 2 aromatic carbocycles. The van der Waals surface area contributed by atoms with Gasteiger partial charge in [-0.1, -0.05) is 12.1 Å². The van der Waals surface area contributed by atoms with E-state index in [-0.39, 0.29) is 17.2 Å². The largest absolute Gasteiger partial charge is 0.323 e. The molecule has 3 aromatic rings. The molecule has 1 heterocycles. The Labute approximate surface area is 112 Å². The maximum Gasteiger partial charge on any atom is 0.260 e. The first-order valence-corrected chi connectivity index (χ1v) is 5.84. The summed E-state index contributed by atoms with van der Waals surface area (Å²) in [5.74, 6) is -1.34. The van der Waals surface area contributed by atoms with Crippen LogP contribution in [0, 0.1) is 11.6 Å². The van der Waals surface area contributed by atoms with Gasteiger partial charge in [-0.05, 0) is 24.3 Å². The molecule has 6 heteroatoms. The molecule has 0 unspecified atom stereocenters. The van der Waals surface area contributed by atoms with Crippen LogP contribution in [0.25, 0.3) is 10.9 Å². The summed E-state index contributed by atoms with van der Waals surface area (Å²) in [4.78, 5) is 18.5. The lowest BCUT2D eigenvalue weighted by molar-refractivity contribution is 0.586. The van der Waals surface area contributed by atoms with E-state index in [4.69, 9.17) is 0 Å². The third-order valence-electron chi connectivity index (χ3n) is 2.80. The van der Waals surface area contributed by atoms with Crippen LogP contribution in [0.2, 0.25) is 0 Å². The second-order valence-corrected chi connectivity index (χ2v) is 4.18. The fourth-order valence-corrected chi connectivity index (χ4v) is 1.86. The molecule has 0 saturated heterocycles. The first-order chi connectivity index (χ1) is 9.63. The summed E-state index contributed by atoms with van der Waals surface area (Å²) in [5.41, 5.74) is 0.187. The molecule has 2 N–H and O–H groups in total. The SMILES string of the molecule is O=c1[nH]c(Nc2ccc(F)cc2F)nc2ccccc12. The van der Waals surface area contributed by atoms with Crippen LogP contribution in [0.5, 0.6) is 0 Å². The topological polar surface area (TPSA) is 57.8 Å². The van der Waals surface area contributed by atoms with E-state index >= 15 is 0 Å². The summed E-state index contributed by atoms with van der Waals surface area (Å²) < 4.78 is 26.3.